The Labute approximate surface area is 117 Å². The van der Waals surface area contributed by atoms with Gasteiger partial charge in [0.15, 0.2) is 0 Å². The number of nitro benzene ring substituents is 1. The summed E-state index contributed by atoms with van der Waals surface area (Å²) in [5.41, 5.74) is 6.98. The first-order chi connectivity index (χ1) is 9.40. The van der Waals surface area contributed by atoms with Gasteiger partial charge in [0.25, 0.3) is 11.6 Å². The first-order valence-corrected chi connectivity index (χ1v) is 6.70. The van der Waals surface area contributed by atoms with Crippen molar-refractivity contribution in [3.8, 4) is 0 Å². The molecule has 1 aliphatic rings. The molecule has 1 fully saturated rings. The summed E-state index contributed by atoms with van der Waals surface area (Å²) >= 11 is 0. The zero-order valence-corrected chi connectivity index (χ0v) is 11.7. The fraction of sp³-hybridized carbons (Fsp3) is 0.500. The van der Waals surface area contributed by atoms with Crippen molar-refractivity contribution >= 4 is 11.6 Å². The van der Waals surface area contributed by atoms with Crippen LogP contribution < -0.4 is 5.73 Å². The van der Waals surface area contributed by atoms with E-state index in [0.717, 1.165) is 6.42 Å². The Balaban J connectivity index is 2.17. The summed E-state index contributed by atoms with van der Waals surface area (Å²) in [4.78, 5) is 24.5. The van der Waals surface area contributed by atoms with Gasteiger partial charge in [-0.15, -0.1) is 0 Å². The fourth-order valence-electron chi connectivity index (χ4n) is 2.52. The molecule has 1 aromatic carbocycles. The number of likely N-dealkylation sites (tertiary alicyclic amines) is 1. The molecule has 1 aliphatic heterocycles. The molecule has 2 unspecified atom stereocenters. The van der Waals surface area contributed by atoms with Gasteiger partial charge in [-0.3, -0.25) is 14.9 Å². The topological polar surface area (TPSA) is 89.5 Å². The third-order valence-corrected chi connectivity index (χ3v) is 3.90. The van der Waals surface area contributed by atoms with Gasteiger partial charge in [-0.2, -0.15) is 0 Å². The number of nitrogens with zero attached hydrogens (tertiary/aromatic N) is 2. The molecule has 1 heterocycles. The van der Waals surface area contributed by atoms with Crippen LogP contribution in [0.15, 0.2) is 18.2 Å². The van der Waals surface area contributed by atoms with Crippen LogP contribution in [-0.2, 0) is 0 Å². The third-order valence-electron chi connectivity index (χ3n) is 3.90. The van der Waals surface area contributed by atoms with Crippen molar-refractivity contribution in [1.29, 1.82) is 0 Å². The molecule has 0 bridgehead atoms. The van der Waals surface area contributed by atoms with E-state index in [9.17, 15) is 14.9 Å². The summed E-state index contributed by atoms with van der Waals surface area (Å²) in [5.74, 6) is 0.189. The molecular weight excluding hydrogens is 258 g/mol. The van der Waals surface area contributed by atoms with Crippen LogP contribution in [0.1, 0.15) is 29.3 Å². The van der Waals surface area contributed by atoms with Crippen LogP contribution in [0.2, 0.25) is 0 Å². The van der Waals surface area contributed by atoms with E-state index in [2.05, 4.69) is 0 Å². The monoisotopic (exact) mass is 277 g/mol. The lowest BCUT2D eigenvalue weighted by Gasteiger charge is -2.35. The van der Waals surface area contributed by atoms with E-state index in [1.807, 2.05) is 6.92 Å². The maximum atomic E-state index is 12.4. The number of carbonyl (C=O) groups is 1. The largest absolute Gasteiger partial charge is 0.338 e. The maximum Gasteiger partial charge on any atom is 0.272 e. The third kappa shape index (κ3) is 2.80. The Morgan fingerprint density at radius 1 is 1.50 bits per heavy atom. The van der Waals surface area contributed by atoms with E-state index in [4.69, 9.17) is 5.73 Å². The highest BCUT2D eigenvalue weighted by molar-refractivity contribution is 5.94. The van der Waals surface area contributed by atoms with Crippen molar-refractivity contribution in [2.24, 2.45) is 11.7 Å². The Hall–Kier alpha value is -1.95. The SMILES string of the molecule is Cc1cc(C(=O)N2CCC(N)C(C)C2)ccc1[N+](=O)[O-]. The molecule has 6 nitrogen and oxygen atoms in total. The second-order valence-corrected chi connectivity index (χ2v) is 5.44. The zero-order valence-electron chi connectivity index (χ0n) is 11.7. The first-order valence-electron chi connectivity index (χ1n) is 6.70. The molecule has 6 heteroatoms. The summed E-state index contributed by atoms with van der Waals surface area (Å²) in [7, 11) is 0. The minimum absolute atomic E-state index is 0.0376. The van der Waals surface area contributed by atoms with E-state index in [1.54, 1.807) is 17.9 Å². The molecule has 0 spiro atoms. The number of piperidine rings is 1. The van der Waals surface area contributed by atoms with E-state index >= 15 is 0 Å². The zero-order chi connectivity index (χ0) is 14.9. The average Bonchev–Trinajstić information content (AvgIpc) is 2.40. The number of rotatable bonds is 2. The predicted octanol–water partition coefficient (Wildman–Crippen LogP) is 1.71. The summed E-state index contributed by atoms with van der Waals surface area (Å²) in [6, 6.07) is 4.63. The second kappa shape index (κ2) is 5.58. The molecule has 2 rings (SSSR count). The molecule has 1 saturated heterocycles. The van der Waals surface area contributed by atoms with E-state index < -0.39 is 4.92 Å². The van der Waals surface area contributed by atoms with Crippen LogP contribution in [-0.4, -0.2) is 34.9 Å². The molecule has 2 N–H and O–H groups in total. The predicted molar refractivity (Wildman–Crippen MR) is 75.5 cm³/mol. The molecule has 0 aromatic heterocycles. The van der Waals surface area contributed by atoms with Crippen LogP contribution in [0.4, 0.5) is 5.69 Å². The van der Waals surface area contributed by atoms with Gasteiger partial charge in [-0.1, -0.05) is 6.92 Å². The van der Waals surface area contributed by atoms with Crippen LogP contribution in [0.25, 0.3) is 0 Å². The number of benzene rings is 1. The Morgan fingerprint density at radius 2 is 2.20 bits per heavy atom. The average molecular weight is 277 g/mol. The number of hydrogen-bond donors (Lipinski definition) is 1. The van der Waals surface area contributed by atoms with Gasteiger partial charge < -0.3 is 10.6 Å². The van der Waals surface area contributed by atoms with Crippen LogP contribution >= 0.6 is 0 Å². The van der Waals surface area contributed by atoms with Crippen molar-refractivity contribution in [2.75, 3.05) is 13.1 Å². The van der Waals surface area contributed by atoms with Gasteiger partial charge in [-0.05, 0) is 31.4 Å². The van der Waals surface area contributed by atoms with Gasteiger partial charge in [0.1, 0.15) is 0 Å². The fourth-order valence-corrected chi connectivity index (χ4v) is 2.52. The molecule has 0 saturated carbocycles. The number of carbonyl (C=O) groups excluding carboxylic acids is 1. The summed E-state index contributed by atoms with van der Waals surface area (Å²) < 4.78 is 0. The molecule has 1 amide bonds. The van der Waals surface area contributed by atoms with Crippen molar-refractivity contribution in [1.82, 2.24) is 4.90 Å². The van der Waals surface area contributed by atoms with Crippen molar-refractivity contribution in [2.45, 2.75) is 26.3 Å². The van der Waals surface area contributed by atoms with Crippen LogP contribution in [0, 0.1) is 23.0 Å². The van der Waals surface area contributed by atoms with Gasteiger partial charge in [0.2, 0.25) is 0 Å². The van der Waals surface area contributed by atoms with Crippen LogP contribution in [0.5, 0.6) is 0 Å². The maximum absolute atomic E-state index is 12.4. The highest BCUT2D eigenvalue weighted by Crippen LogP contribution is 2.22. The molecular formula is C14H19N3O3. The molecule has 0 aliphatic carbocycles. The van der Waals surface area contributed by atoms with E-state index in [-0.39, 0.29) is 23.6 Å². The normalized spacial score (nSPS) is 22.6. The smallest absolute Gasteiger partial charge is 0.272 e. The Bertz CT molecular complexity index is 544. The van der Waals surface area contributed by atoms with E-state index in [1.165, 1.54) is 12.1 Å². The van der Waals surface area contributed by atoms with Crippen molar-refractivity contribution in [3.63, 3.8) is 0 Å². The highest BCUT2D eigenvalue weighted by atomic mass is 16.6. The lowest BCUT2D eigenvalue weighted by molar-refractivity contribution is -0.385. The van der Waals surface area contributed by atoms with Gasteiger partial charge in [-0.25, -0.2) is 0 Å². The van der Waals surface area contributed by atoms with Gasteiger partial charge in [0, 0.05) is 36.3 Å². The quantitative estimate of drug-likeness (QED) is 0.658. The van der Waals surface area contributed by atoms with Gasteiger partial charge in [0.05, 0.1) is 4.92 Å². The number of nitrogens with two attached hydrogens (primary N) is 1. The summed E-state index contributed by atoms with van der Waals surface area (Å²) in [5, 5.41) is 10.8. The standard InChI is InChI=1S/C14H19N3O3/c1-9-7-11(3-4-13(9)17(19)20)14(18)16-6-5-12(15)10(2)8-16/h3-4,7,10,12H,5-6,8,15H2,1-2H3. The Morgan fingerprint density at radius 3 is 2.75 bits per heavy atom. The summed E-state index contributed by atoms with van der Waals surface area (Å²) in [6.07, 6.45) is 0.791. The molecule has 1 aromatic rings. The minimum Gasteiger partial charge on any atom is -0.338 e. The molecule has 2 atom stereocenters. The lowest BCUT2D eigenvalue weighted by atomic mass is 9.94. The lowest BCUT2D eigenvalue weighted by Crippen LogP contribution is -2.48. The molecule has 108 valence electrons. The molecule has 0 radical (unpaired) electrons. The van der Waals surface area contributed by atoms with Crippen LogP contribution in [0.3, 0.4) is 0 Å². The Kier molecular flexibility index (Phi) is 4.04. The second-order valence-electron chi connectivity index (χ2n) is 5.44. The number of aryl methyl sites for hydroxylation is 1. The summed E-state index contributed by atoms with van der Waals surface area (Å²) in [6.45, 7) is 4.95. The van der Waals surface area contributed by atoms with E-state index in [0.29, 0.717) is 24.2 Å². The van der Waals surface area contributed by atoms with Crippen molar-refractivity contribution in [3.05, 3.63) is 39.4 Å². The number of nitro groups is 1. The van der Waals surface area contributed by atoms with Crippen molar-refractivity contribution < 1.29 is 9.72 Å². The highest BCUT2D eigenvalue weighted by Gasteiger charge is 2.27. The molecule has 20 heavy (non-hydrogen) atoms. The first kappa shape index (κ1) is 14.5. The van der Waals surface area contributed by atoms with Gasteiger partial charge >= 0.3 is 0 Å². The minimum atomic E-state index is -0.439. The number of hydrogen-bond acceptors (Lipinski definition) is 4. The number of amides is 1.